The van der Waals surface area contributed by atoms with E-state index in [1.165, 1.54) is 6.08 Å². The highest BCUT2D eigenvalue weighted by Gasteiger charge is 2.48. The highest BCUT2D eigenvalue weighted by Crippen LogP contribution is 2.38. The Balaban J connectivity index is 1.67. The second-order valence-electron chi connectivity index (χ2n) is 9.51. The number of aliphatic carboxylic acids is 1. The lowest BCUT2D eigenvalue weighted by atomic mass is 9.85. The third-order valence-electron chi connectivity index (χ3n) is 6.59. The van der Waals surface area contributed by atoms with E-state index in [4.69, 9.17) is 19.3 Å². The first-order valence-electron chi connectivity index (χ1n) is 12.0. The number of hydrogen-bond donors (Lipinski definition) is 4. The molecule has 0 unspecified atom stereocenters. The summed E-state index contributed by atoms with van der Waals surface area (Å²) in [6.07, 6.45) is 2.10. The molecule has 4 N–H and O–H groups in total. The number of esters is 1. The normalized spacial score (nSPS) is 31.6. The molecule has 2 fully saturated rings. The molecule has 2 rings (SSSR count). The van der Waals surface area contributed by atoms with Gasteiger partial charge in [0.25, 0.3) is 0 Å². The summed E-state index contributed by atoms with van der Waals surface area (Å²) in [4.78, 5) is 22.4. The van der Waals surface area contributed by atoms with Gasteiger partial charge in [0, 0.05) is 24.3 Å². The Kier molecular flexibility index (Phi) is 11.2. The molecule has 0 spiro atoms. The Hall–Kier alpha value is -1.52. The quantitative estimate of drug-likeness (QED) is 0.129. The van der Waals surface area contributed by atoms with Crippen molar-refractivity contribution in [3.8, 4) is 0 Å². The molecule has 33 heavy (non-hydrogen) atoms. The Bertz CT molecular complexity index is 662. The van der Waals surface area contributed by atoms with Crippen molar-refractivity contribution >= 4 is 11.9 Å². The van der Waals surface area contributed by atoms with Crippen molar-refractivity contribution in [2.24, 2.45) is 11.8 Å². The molecule has 9 heteroatoms. The number of epoxide rings is 1. The summed E-state index contributed by atoms with van der Waals surface area (Å²) in [5.41, 5.74) is 0.688. The lowest BCUT2D eigenvalue weighted by Crippen LogP contribution is -2.50. The Morgan fingerprint density at radius 1 is 1.09 bits per heavy atom. The topological polar surface area (TPSA) is 146 Å². The SMILES string of the molecule is C/C(=C\C(=O)OCCCCCCC(=O)O)C[C@H]1OC[C@@H](C[C@@H]2O[C@@H]2[C@@H](C)[C@H](C)O)[C@@H](O)[C@H]1O. The van der Waals surface area contributed by atoms with Gasteiger partial charge < -0.3 is 34.6 Å². The summed E-state index contributed by atoms with van der Waals surface area (Å²) in [7, 11) is 0. The van der Waals surface area contributed by atoms with Crippen LogP contribution in [-0.2, 0) is 23.8 Å². The fourth-order valence-electron chi connectivity index (χ4n) is 4.24. The van der Waals surface area contributed by atoms with Gasteiger partial charge in [-0.2, -0.15) is 0 Å². The molecule has 0 aromatic carbocycles. The number of rotatable bonds is 14. The first kappa shape index (κ1) is 27.7. The van der Waals surface area contributed by atoms with Crippen LogP contribution in [0.3, 0.4) is 0 Å². The van der Waals surface area contributed by atoms with Gasteiger partial charge in [0.1, 0.15) is 6.10 Å². The van der Waals surface area contributed by atoms with Crippen molar-refractivity contribution in [1.82, 2.24) is 0 Å². The molecule has 2 aliphatic rings. The highest BCUT2D eigenvalue weighted by atomic mass is 16.6. The van der Waals surface area contributed by atoms with Gasteiger partial charge in [0.05, 0.1) is 43.7 Å². The lowest BCUT2D eigenvalue weighted by molar-refractivity contribution is -0.165. The van der Waals surface area contributed by atoms with Gasteiger partial charge >= 0.3 is 11.9 Å². The molecule has 2 heterocycles. The molecule has 0 saturated carbocycles. The molecular weight excluding hydrogens is 432 g/mol. The van der Waals surface area contributed by atoms with Gasteiger partial charge in [-0.15, -0.1) is 0 Å². The fourth-order valence-corrected chi connectivity index (χ4v) is 4.24. The zero-order valence-corrected chi connectivity index (χ0v) is 19.9. The molecule has 0 aromatic rings. The standard InChI is InChI=1S/C24H40O9/c1-14(11-21(28)31-9-7-5-4-6-8-20(26)27)10-18-23(30)22(29)17(13-32-18)12-19-24(33-19)15(2)16(3)25/h11,15-19,22-25,29-30H,4-10,12-13H2,1-3H3,(H,26,27)/b14-11+/t15-,16-,17+,18+,19-,22+,23-,24+/m0/s1. The van der Waals surface area contributed by atoms with Gasteiger partial charge in [-0.3, -0.25) is 4.79 Å². The maximum absolute atomic E-state index is 12.0. The third-order valence-corrected chi connectivity index (χ3v) is 6.59. The van der Waals surface area contributed by atoms with E-state index < -0.39 is 36.4 Å². The second kappa shape index (κ2) is 13.4. The fraction of sp³-hybridized carbons (Fsp3) is 0.833. The van der Waals surface area contributed by atoms with E-state index in [0.29, 0.717) is 31.3 Å². The summed E-state index contributed by atoms with van der Waals surface area (Å²) in [6.45, 7) is 5.97. The van der Waals surface area contributed by atoms with Crippen molar-refractivity contribution < 1.29 is 44.2 Å². The molecular formula is C24H40O9. The first-order chi connectivity index (χ1) is 15.6. The number of carboxylic acids is 1. The molecule has 0 radical (unpaired) electrons. The highest BCUT2D eigenvalue weighted by molar-refractivity contribution is 5.82. The largest absolute Gasteiger partial charge is 0.481 e. The van der Waals surface area contributed by atoms with Crippen LogP contribution in [0.5, 0.6) is 0 Å². The van der Waals surface area contributed by atoms with Crippen molar-refractivity contribution in [1.29, 1.82) is 0 Å². The Morgan fingerprint density at radius 3 is 2.45 bits per heavy atom. The zero-order chi connectivity index (χ0) is 24.5. The third kappa shape index (κ3) is 9.33. The molecule has 0 bridgehead atoms. The van der Waals surface area contributed by atoms with Crippen molar-refractivity contribution in [2.45, 2.75) is 102 Å². The molecule has 0 aromatic heterocycles. The van der Waals surface area contributed by atoms with Crippen molar-refractivity contribution in [3.05, 3.63) is 11.6 Å². The number of aliphatic hydroxyl groups is 3. The second-order valence-corrected chi connectivity index (χ2v) is 9.51. The molecule has 0 aliphatic carbocycles. The minimum Gasteiger partial charge on any atom is -0.481 e. The predicted molar refractivity (Wildman–Crippen MR) is 119 cm³/mol. The van der Waals surface area contributed by atoms with Gasteiger partial charge in [0.15, 0.2) is 0 Å². The number of hydrogen-bond acceptors (Lipinski definition) is 8. The van der Waals surface area contributed by atoms with Crippen LogP contribution < -0.4 is 0 Å². The van der Waals surface area contributed by atoms with Gasteiger partial charge in [-0.1, -0.05) is 25.3 Å². The number of aliphatic hydroxyl groups excluding tert-OH is 3. The van der Waals surface area contributed by atoms with Crippen molar-refractivity contribution in [2.75, 3.05) is 13.2 Å². The summed E-state index contributed by atoms with van der Waals surface area (Å²) < 4.78 is 16.6. The number of unbranched alkanes of at least 4 members (excludes halogenated alkanes) is 3. The molecule has 190 valence electrons. The van der Waals surface area contributed by atoms with E-state index >= 15 is 0 Å². The smallest absolute Gasteiger partial charge is 0.330 e. The number of carboxylic acid groups (broad SMARTS) is 1. The van der Waals surface area contributed by atoms with Gasteiger partial charge in [-0.25, -0.2) is 4.79 Å². The minimum absolute atomic E-state index is 0.0128. The van der Waals surface area contributed by atoms with Crippen LogP contribution in [-0.4, -0.2) is 82.2 Å². The van der Waals surface area contributed by atoms with Crippen LogP contribution in [0, 0.1) is 11.8 Å². The molecule has 9 nitrogen and oxygen atoms in total. The molecule has 2 aliphatic heterocycles. The van der Waals surface area contributed by atoms with Crippen LogP contribution in [0.1, 0.15) is 65.7 Å². The van der Waals surface area contributed by atoms with Crippen LogP contribution in [0.15, 0.2) is 11.6 Å². The predicted octanol–water partition coefficient (Wildman–Crippen LogP) is 1.81. The summed E-state index contributed by atoms with van der Waals surface area (Å²) in [5.74, 6) is -1.51. The number of ether oxygens (including phenoxy) is 3. The van der Waals surface area contributed by atoms with E-state index in [-0.39, 0.29) is 43.7 Å². The molecule has 2 saturated heterocycles. The summed E-state index contributed by atoms with van der Waals surface area (Å²) >= 11 is 0. The van der Waals surface area contributed by atoms with Gasteiger partial charge in [0.2, 0.25) is 0 Å². The van der Waals surface area contributed by atoms with Crippen LogP contribution in [0.25, 0.3) is 0 Å². The average molecular weight is 473 g/mol. The first-order valence-corrected chi connectivity index (χ1v) is 12.0. The van der Waals surface area contributed by atoms with E-state index in [9.17, 15) is 24.9 Å². The van der Waals surface area contributed by atoms with Crippen LogP contribution in [0.2, 0.25) is 0 Å². The monoisotopic (exact) mass is 472 g/mol. The van der Waals surface area contributed by atoms with Crippen molar-refractivity contribution in [3.63, 3.8) is 0 Å². The Labute approximate surface area is 195 Å². The maximum Gasteiger partial charge on any atom is 0.330 e. The van der Waals surface area contributed by atoms with E-state index in [0.717, 1.165) is 12.8 Å². The minimum atomic E-state index is -1.07. The van der Waals surface area contributed by atoms with E-state index in [2.05, 4.69) is 0 Å². The Morgan fingerprint density at radius 2 is 1.79 bits per heavy atom. The number of carbonyl (C=O) groups excluding carboxylic acids is 1. The zero-order valence-electron chi connectivity index (χ0n) is 19.9. The summed E-state index contributed by atoms with van der Waals surface area (Å²) in [6, 6.07) is 0. The van der Waals surface area contributed by atoms with Crippen LogP contribution >= 0.6 is 0 Å². The van der Waals surface area contributed by atoms with Crippen LogP contribution in [0.4, 0.5) is 0 Å². The lowest BCUT2D eigenvalue weighted by Gasteiger charge is -2.38. The maximum atomic E-state index is 12.0. The van der Waals surface area contributed by atoms with E-state index in [1.807, 2.05) is 6.92 Å². The average Bonchev–Trinajstić information content (AvgIpc) is 3.51. The summed E-state index contributed by atoms with van der Waals surface area (Å²) in [5, 5.41) is 39.4. The van der Waals surface area contributed by atoms with E-state index in [1.54, 1.807) is 13.8 Å². The molecule has 0 amide bonds. The molecule has 8 atom stereocenters. The number of carbonyl (C=O) groups is 2. The van der Waals surface area contributed by atoms with Gasteiger partial charge in [-0.05, 0) is 39.5 Å².